The standard InChI is InChI=1S/C11H23NO5/c1-16-5-6-17-8-10(13)7-9(11(14)15)3-2-4-12/h9-10,13H,2-8,12H2,1H3,(H,14,15). The van der Waals surface area contributed by atoms with Crippen molar-refractivity contribution in [1.29, 1.82) is 0 Å². The fourth-order valence-corrected chi connectivity index (χ4v) is 1.46. The average Bonchev–Trinajstić information content (AvgIpc) is 2.29. The molecular weight excluding hydrogens is 226 g/mol. The van der Waals surface area contributed by atoms with E-state index in [-0.39, 0.29) is 13.0 Å². The van der Waals surface area contributed by atoms with E-state index in [9.17, 15) is 9.90 Å². The summed E-state index contributed by atoms with van der Waals surface area (Å²) in [5, 5.41) is 18.6. The van der Waals surface area contributed by atoms with Crippen LogP contribution in [0.4, 0.5) is 0 Å². The summed E-state index contributed by atoms with van der Waals surface area (Å²) in [6.45, 7) is 1.45. The maximum Gasteiger partial charge on any atom is 0.306 e. The van der Waals surface area contributed by atoms with Crippen LogP contribution in [0.1, 0.15) is 19.3 Å². The van der Waals surface area contributed by atoms with Gasteiger partial charge in [-0.1, -0.05) is 0 Å². The SMILES string of the molecule is COCCOCC(O)CC(CCCN)C(=O)O. The molecule has 0 aromatic carbocycles. The van der Waals surface area contributed by atoms with Gasteiger partial charge in [-0.2, -0.15) is 0 Å². The third-order valence-electron chi connectivity index (χ3n) is 2.40. The van der Waals surface area contributed by atoms with Crippen LogP contribution < -0.4 is 5.73 Å². The smallest absolute Gasteiger partial charge is 0.306 e. The van der Waals surface area contributed by atoms with Crippen LogP contribution in [0.2, 0.25) is 0 Å². The highest BCUT2D eigenvalue weighted by molar-refractivity contribution is 5.69. The molecule has 0 aliphatic heterocycles. The van der Waals surface area contributed by atoms with Crippen molar-refractivity contribution in [3.05, 3.63) is 0 Å². The summed E-state index contributed by atoms with van der Waals surface area (Å²) in [6.07, 6.45) is 0.572. The van der Waals surface area contributed by atoms with Crippen molar-refractivity contribution in [3.8, 4) is 0 Å². The van der Waals surface area contributed by atoms with Gasteiger partial charge in [0.25, 0.3) is 0 Å². The lowest BCUT2D eigenvalue weighted by molar-refractivity contribution is -0.143. The van der Waals surface area contributed by atoms with Crippen LogP contribution in [0.3, 0.4) is 0 Å². The van der Waals surface area contributed by atoms with Gasteiger partial charge in [-0.05, 0) is 25.8 Å². The third kappa shape index (κ3) is 9.05. The zero-order valence-electron chi connectivity index (χ0n) is 10.3. The number of rotatable bonds is 11. The molecule has 4 N–H and O–H groups in total. The van der Waals surface area contributed by atoms with Gasteiger partial charge in [0.05, 0.1) is 31.8 Å². The Morgan fingerprint density at radius 2 is 2.12 bits per heavy atom. The minimum absolute atomic E-state index is 0.135. The molecule has 0 aromatic rings. The Morgan fingerprint density at radius 3 is 2.65 bits per heavy atom. The second-order valence-corrected chi connectivity index (χ2v) is 3.92. The third-order valence-corrected chi connectivity index (χ3v) is 2.40. The number of hydrogen-bond acceptors (Lipinski definition) is 5. The van der Waals surface area contributed by atoms with Gasteiger partial charge in [-0.25, -0.2) is 0 Å². The molecule has 17 heavy (non-hydrogen) atoms. The van der Waals surface area contributed by atoms with E-state index < -0.39 is 18.0 Å². The van der Waals surface area contributed by atoms with E-state index in [1.165, 1.54) is 0 Å². The summed E-state index contributed by atoms with van der Waals surface area (Å²) in [4.78, 5) is 10.9. The van der Waals surface area contributed by atoms with Gasteiger partial charge >= 0.3 is 5.97 Å². The number of aliphatic carboxylic acids is 1. The second-order valence-electron chi connectivity index (χ2n) is 3.92. The van der Waals surface area contributed by atoms with Gasteiger partial charge < -0.3 is 25.4 Å². The lowest BCUT2D eigenvalue weighted by atomic mass is 9.96. The maximum atomic E-state index is 10.9. The van der Waals surface area contributed by atoms with E-state index in [0.29, 0.717) is 32.6 Å². The van der Waals surface area contributed by atoms with Gasteiger partial charge in [0.2, 0.25) is 0 Å². The van der Waals surface area contributed by atoms with Gasteiger partial charge in [-0.3, -0.25) is 4.79 Å². The molecular formula is C11H23NO5. The summed E-state index contributed by atoms with van der Waals surface area (Å²) >= 11 is 0. The monoisotopic (exact) mass is 249 g/mol. The number of nitrogens with two attached hydrogens (primary N) is 1. The average molecular weight is 249 g/mol. The van der Waals surface area contributed by atoms with Crippen LogP contribution in [0, 0.1) is 5.92 Å². The maximum absolute atomic E-state index is 10.9. The molecule has 0 aliphatic rings. The number of methoxy groups -OCH3 is 1. The molecule has 0 saturated carbocycles. The highest BCUT2D eigenvalue weighted by Crippen LogP contribution is 2.14. The molecule has 0 saturated heterocycles. The van der Waals surface area contributed by atoms with Crippen molar-refractivity contribution in [2.24, 2.45) is 11.7 Å². The zero-order valence-corrected chi connectivity index (χ0v) is 10.3. The Morgan fingerprint density at radius 1 is 1.41 bits per heavy atom. The number of aliphatic hydroxyl groups excluding tert-OH is 1. The highest BCUT2D eigenvalue weighted by Gasteiger charge is 2.20. The van der Waals surface area contributed by atoms with Gasteiger partial charge in [0, 0.05) is 7.11 Å². The molecule has 0 radical (unpaired) electrons. The summed E-state index contributed by atoms with van der Waals surface area (Å²) in [5.41, 5.74) is 5.33. The molecule has 0 fully saturated rings. The van der Waals surface area contributed by atoms with Crippen LogP contribution >= 0.6 is 0 Å². The van der Waals surface area contributed by atoms with Crippen molar-refractivity contribution in [2.75, 3.05) is 33.5 Å². The minimum Gasteiger partial charge on any atom is -0.481 e. The Labute approximate surface area is 102 Å². The van der Waals surface area contributed by atoms with Crippen molar-refractivity contribution >= 4 is 5.97 Å². The fourth-order valence-electron chi connectivity index (χ4n) is 1.46. The van der Waals surface area contributed by atoms with Gasteiger partial charge in [0.15, 0.2) is 0 Å². The van der Waals surface area contributed by atoms with E-state index in [2.05, 4.69) is 0 Å². The number of hydrogen-bond donors (Lipinski definition) is 3. The fraction of sp³-hybridized carbons (Fsp3) is 0.909. The second kappa shape index (κ2) is 10.5. The predicted molar refractivity (Wildman–Crippen MR) is 62.7 cm³/mol. The Balaban J connectivity index is 3.78. The first-order valence-electron chi connectivity index (χ1n) is 5.79. The lowest BCUT2D eigenvalue weighted by Gasteiger charge is -2.16. The van der Waals surface area contributed by atoms with Crippen LogP contribution in [0.15, 0.2) is 0 Å². The van der Waals surface area contributed by atoms with Crippen LogP contribution in [-0.4, -0.2) is 55.8 Å². The Hall–Kier alpha value is -0.690. The van der Waals surface area contributed by atoms with Crippen molar-refractivity contribution in [2.45, 2.75) is 25.4 Å². The highest BCUT2D eigenvalue weighted by atomic mass is 16.5. The molecule has 0 aliphatic carbocycles. The van der Waals surface area contributed by atoms with Crippen molar-refractivity contribution in [1.82, 2.24) is 0 Å². The van der Waals surface area contributed by atoms with Crippen LogP contribution in [0.25, 0.3) is 0 Å². The first-order chi connectivity index (χ1) is 8.11. The number of aliphatic hydroxyl groups is 1. The molecule has 2 unspecified atom stereocenters. The summed E-state index contributed by atoms with van der Waals surface area (Å²) in [5.74, 6) is -1.45. The van der Waals surface area contributed by atoms with E-state index in [0.717, 1.165) is 0 Å². The van der Waals surface area contributed by atoms with Crippen molar-refractivity contribution in [3.63, 3.8) is 0 Å². The molecule has 0 bridgehead atoms. The van der Waals surface area contributed by atoms with E-state index >= 15 is 0 Å². The quantitative estimate of drug-likeness (QED) is 0.440. The molecule has 0 aromatic heterocycles. The molecule has 6 nitrogen and oxygen atoms in total. The van der Waals surface area contributed by atoms with Crippen molar-refractivity contribution < 1.29 is 24.5 Å². The predicted octanol–water partition coefficient (Wildman–Crippen LogP) is -0.160. The molecule has 0 spiro atoms. The molecule has 0 amide bonds. The van der Waals surface area contributed by atoms with Crippen LogP contribution in [0.5, 0.6) is 0 Å². The van der Waals surface area contributed by atoms with E-state index in [1.54, 1.807) is 7.11 Å². The summed E-state index contributed by atoms with van der Waals surface area (Å²) in [6, 6.07) is 0. The topological polar surface area (TPSA) is 102 Å². The van der Waals surface area contributed by atoms with E-state index in [1.807, 2.05) is 0 Å². The summed E-state index contributed by atoms with van der Waals surface area (Å²) < 4.78 is 9.91. The largest absolute Gasteiger partial charge is 0.481 e. The Bertz CT molecular complexity index is 200. The van der Waals surface area contributed by atoms with Crippen LogP contribution in [-0.2, 0) is 14.3 Å². The Kier molecular flexibility index (Phi) is 10.0. The molecule has 102 valence electrons. The number of ether oxygens (including phenoxy) is 2. The molecule has 0 heterocycles. The first kappa shape index (κ1) is 16.3. The molecule has 6 heteroatoms. The summed E-state index contributed by atoms with van der Waals surface area (Å²) in [7, 11) is 1.56. The zero-order chi connectivity index (χ0) is 13.1. The minimum atomic E-state index is -0.894. The van der Waals surface area contributed by atoms with Gasteiger partial charge in [-0.15, -0.1) is 0 Å². The normalized spacial score (nSPS) is 14.5. The molecule has 0 rings (SSSR count). The molecule has 2 atom stereocenters. The number of carboxylic acid groups (broad SMARTS) is 1. The van der Waals surface area contributed by atoms with Gasteiger partial charge in [0.1, 0.15) is 0 Å². The number of carbonyl (C=O) groups is 1. The lowest BCUT2D eigenvalue weighted by Crippen LogP contribution is -2.25. The number of carboxylic acids is 1. The first-order valence-corrected chi connectivity index (χ1v) is 5.79. The van der Waals surface area contributed by atoms with E-state index in [4.69, 9.17) is 20.3 Å².